The second-order valence-corrected chi connectivity index (χ2v) is 7.83. The van der Waals surface area contributed by atoms with Gasteiger partial charge in [0.05, 0.1) is 17.9 Å². The molecule has 5 aromatic carbocycles. The number of benzene rings is 5. The Morgan fingerprint density at radius 2 is 1.44 bits per heavy atom. The molecule has 1 heterocycles. The number of hydrogen-bond donors (Lipinski definition) is 1. The quantitative estimate of drug-likeness (QED) is 0.321. The number of rotatable bonds is 4. The van der Waals surface area contributed by atoms with Gasteiger partial charge in [-0.1, -0.05) is 66.7 Å². The van der Waals surface area contributed by atoms with Crippen LogP contribution in [0.5, 0.6) is 11.6 Å². The molecule has 1 aromatic heterocycles. The van der Waals surface area contributed by atoms with Crippen LogP contribution in [0.2, 0.25) is 0 Å². The molecular weight excluding hydrogens is 396 g/mol. The van der Waals surface area contributed by atoms with Crippen molar-refractivity contribution >= 4 is 32.3 Å². The van der Waals surface area contributed by atoms with Gasteiger partial charge in [0, 0.05) is 11.6 Å². The van der Waals surface area contributed by atoms with Gasteiger partial charge >= 0.3 is 0 Å². The zero-order valence-electron chi connectivity index (χ0n) is 17.5. The summed E-state index contributed by atoms with van der Waals surface area (Å²) in [6, 6.07) is 28.3. The van der Waals surface area contributed by atoms with Crippen LogP contribution in [0.4, 0.5) is 0 Å². The molecule has 0 atom stereocenters. The zero-order valence-corrected chi connectivity index (χ0v) is 17.5. The SMILES string of the molecule is CCOc1cc(-c2ccc3ccc4cccc5ccc2c3c45)nc(-c2ccccc2O)n1. The molecule has 6 aromatic rings. The van der Waals surface area contributed by atoms with Gasteiger partial charge in [0.15, 0.2) is 5.82 Å². The summed E-state index contributed by atoms with van der Waals surface area (Å²) >= 11 is 0. The van der Waals surface area contributed by atoms with E-state index in [1.807, 2.05) is 25.1 Å². The van der Waals surface area contributed by atoms with Crippen LogP contribution in [0.3, 0.4) is 0 Å². The van der Waals surface area contributed by atoms with E-state index in [1.165, 1.54) is 26.9 Å². The van der Waals surface area contributed by atoms with E-state index in [0.717, 1.165) is 16.6 Å². The Balaban J connectivity index is 1.66. The van der Waals surface area contributed by atoms with Crippen molar-refractivity contribution in [3.63, 3.8) is 0 Å². The Kier molecular flexibility index (Phi) is 4.18. The minimum absolute atomic E-state index is 0.141. The highest BCUT2D eigenvalue weighted by atomic mass is 16.5. The lowest BCUT2D eigenvalue weighted by Crippen LogP contribution is -2.00. The maximum absolute atomic E-state index is 10.4. The molecule has 0 radical (unpaired) electrons. The van der Waals surface area contributed by atoms with Crippen LogP contribution in [0.25, 0.3) is 55.0 Å². The summed E-state index contributed by atoms with van der Waals surface area (Å²) < 4.78 is 5.76. The fraction of sp³-hybridized carbons (Fsp3) is 0.0714. The van der Waals surface area contributed by atoms with Crippen molar-refractivity contribution in [2.24, 2.45) is 0 Å². The molecule has 0 unspecified atom stereocenters. The molecule has 0 saturated heterocycles. The number of aromatic hydroxyl groups is 1. The summed E-state index contributed by atoms with van der Waals surface area (Å²) in [5, 5.41) is 17.7. The van der Waals surface area contributed by atoms with Crippen molar-refractivity contribution in [3.05, 3.63) is 84.9 Å². The Morgan fingerprint density at radius 3 is 2.22 bits per heavy atom. The summed E-state index contributed by atoms with van der Waals surface area (Å²) in [5.74, 6) is 1.07. The molecule has 0 aliphatic rings. The Bertz CT molecular complexity index is 1590. The predicted molar refractivity (Wildman–Crippen MR) is 129 cm³/mol. The summed E-state index contributed by atoms with van der Waals surface area (Å²) in [5.41, 5.74) is 2.35. The third-order valence-corrected chi connectivity index (χ3v) is 5.94. The maximum Gasteiger partial charge on any atom is 0.217 e. The number of para-hydroxylation sites is 1. The third kappa shape index (κ3) is 2.84. The normalized spacial score (nSPS) is 11.5. The minimum Gasteiger partial charge on any atom is -0.507 e. The number of hydrogen-bond acceptors (Lipinski definition) is 4. The minimum atomic E-state index is 0.141. The number of aromatic nitrogens is 2. The first kappa shape index (κ1) is 18.6. The molecule has 0 aliphatic heterocycles. The molecule has 0 amide bonds. The van der Waals surface area contributed by atoms with Gasteiger partial charge in [-0.2, -0.15) is 4.98 Å². The van der Waals surface area contributed by atoms with Crippen LogP contribution in [-0.2, 0) is 0 Å². The fourth-order valence-corrected chi connectivity index (χ4v) is 4.53. The molecule has 1 N–H and O–H groups in total. The van der Waals surface area contributed by atoms with Gasteiger partial charge in [0.1, 0.15) is 5.75 Å². The molecule has 0 saturated carbocycles. The van der Waals surface area contributed by atoms with Crippen LogP contribution in [0.15, 0.2) is 84.9 Å². The molecule has 4 nitrogen and oxygen atoms in total. The Morgan fingerprint density at radius 1 is 0.719 bits per heavy atom. The molecule has 0 aliphatic carbocycles. The third-order valence-electron chi connectivity index (χ3n) is 5.94. The Hall–Kier alpha value is -4.18. The van der Waals surface area contributed by atoms with E-state index in [4.69, 9.17) is 9.72 Å². The first-order chi connectivity index (χ1) is 15.7. The van der Waals surface area contributed by atoms with E-state index in [9.17, 15) is 5.11 Å². The number of ether oxygens (including phenoxy) is 1. The molecule has 0 spiro atoms. The smallest absolute Gasteiger partial charge is 0.217 e. The first-order valence-corrected chi connectivity index (χ1v) is 10.7. The van der Waals surface area contributed by atoms with Crippen molar-refractivity contribution < 1.29 is 9.84 Å². The molecule has 6 rings (SSSR count). The van der Waals surface area contributed by atoms with E-state index < -0.39 is 0 Å². The zero-order chi connectivity index (χ0) is 21.7. The second kappa shape index (κ2) is 7.20. The summed E-state index contributed by atoms with van der Waals surface area (Å²) in [7, 11) is 0. The molecule has 0 fully saturated rings. The van der Waals surface area contributed by atoms with E-state index in [-0.39, 0.29) is 5.75 Å². The molecule has 4 heteroatoms. The van der Waals surface area contributed by atoms with Crippen molar-refractivity contribution in [1.29, 1.82) is 0 Å². The predicted octanol–water partition coefficient (Wildman–Crippen LogP) is 6.81. The van der Waals surface area contributed by atoms with E-state index in [0.29, 0.717) is 23.9 Å². The topological polar surface area (TPSA) is 55.2 Å². The van der Waals surface area contributed by atoms with E-state index in [1.54, 1.807) is 12.1 Å². The monoisotopic (exact) mass is 416 g/mol. The molecular formula is C28H20N2O2. The van der Waals surface area contributed by atoms with Crippen molar-refractivity contribution in [2.45, 2.75) is 6.92 Å². The average molecular weight is 416 g/mol. The highest BCUT2D eigenvalue weighted by Crippen LogP contribution is 2.39. The van der Waals surface area contributed by atoms with Gasteiger partial charge in [-0.3, -0.25) is 0 Å². The number of phenolic OH excluding ortho intramolecular Hbond substituents is 1. The van der Waals surface area contributed by atoms with Crippen LogP contribution in [-0.4, -0.2) is 21.7 Å². The number of phenols is 1. The van der Waals surface area contributed by atoms with Crippen molar-refractivity contribution in [2.75, 3.05) is 6.61 Å². The average Bonchev–Trinajstić information content (AvgIpc) is 2.83. The highest BCUT2D eigenvalue weighted by molar-refractivity contribution is 6.25. The lowest BCUT2D eigenvalue weighted by Gasteiger charge is -2.15. The molecule has 32 heavy (non-hydrogen) atoms. The van der Waals surface area contributed by atoms with E-state index in [2.05, 4.69) is 59.6 Å². The van der Waals surface area contributed by atoms with Crippen LogP contribution >= 0.6 is 0 Å². The van der Waals surface area contributed by atoms with Gasteiger partial charge in [-0.05, 0) is 51.4 Å². The highest BCUT2D eigenvalue weighted by Gasteiger charge is 2.16. The maximum atomic E-state index is 10.4. The van der Waals surface area contributed by atoms with Gasteiger partial charge in [-0.15, -0.1) is 0 Å². The van der Waals surface area contributed by atoms with Gasteiger partial charge in [-0.25, -0.2) is 4.98 Å². The lowest BCUT2D eigenvalue weighted by molar-refractivity contribution is 0.327. The van der Waals surface area contributed by atoms with Crippen LogP contribution < -0.4 is 4.74 Å². The van der Waals surface area contributed by atoms with Crippen molar-refractivity contribution in [3.8, 4) is 34.3 Å². The first-order valence-electron chi connectivity index (χ1n) is 10.7. The standard InChI is InChI=1S/C28H20N2O2/c1-2-32-25-16-23(29-28(30-25)22-8-3-4-9-24(22)31)20-14-12-19-11-10-17-6-5-7-18-13-15-21(20)27(19)26(17)18/h3-16,31H,2H2,1H3. The Labute approximate surface area is 185 Å². The van der Waals surface area contributed by atoms with Gasteiger partial charge in [0.25, 0.3) is 0 Å². The second-order valence-electron chi connectivity index (χ2n) is 7.83. The summed E-state index contributed by atoms with van der Waals surface area (Å²) in [4.78, 5) is 9.40. The van der Waals surface area contributed by atoms with Gasteiger partial charge in [0.2, 0.25) is 5.88 Å². The number of nitrogens with zero attached hydrogens (tertiary/aromatic N) is 2. The van der Waals surface area contributed by atoms with Crippen LogP contribution in [0.1, 0.15) is 6.92 Å². The summed E-state index contributed by atoms with van der Waals surface area (Å²) in [6.07, 6.45) is 0. The van der Waals surface area contributed by atoms with Gasteiger partial charge < -0.3 is 9.84 Å². The molecule has 154 valence electrons. The lowest BCUT2D eigenvalue weighted by atomic mass is 9.91. The van der Waals surface area contributed by atoms with E-state index >= 15 is 0 Å². The fourth-order valence-electron chi connectivity index (χ4n) is 4.53. The van der Waals surface area contributed by atoms with Crippen LogP contribution in [0, 0.1) is 0 Å². The summed E-state index contributed by atoms with van der Waals surface area (Å²) in [6.45, 7) is 2.42. The molecule has 0 bridgehead atoms. The largest absolute Gasteiger partial charge is 0.507 e. The van der Waals surface area contributed by atoms with Crippen molar-refractivity contribution in [1.82, 2.24) is 9.97 Å².